The molecule has 0 unspecified atom stereocenters. The minimum Gasteiger partial charge on any atom is -0.352 e. The number of rotatable bonds is 4. The third-order valence-corrected chi connectivity index (χ3v) is 3.77. The zero-order valence-corrected chi connectivity index (χ0v) is 13.6. The average Bonchev–Trinajstić information content (AvgIpc) is 2.99. The van der Waals surface area contributed by atoms with Gasteiger partial charge in [-0.15, -0.1) is 0 Å². The van der Waals surface area contributed by atoms with Gasteiger partial charge in [-0.25, -0.2) is 18.3 Å². The number of aromatic nitrogens is 3. The first kappa shape index (κ1) is 16.8. The molecule has 8 heteroatoms. The highest BCUT2D eigenvalue weighted by Crippen LogP contribution is 2.28. The minimum absolute atomic E-state index is 0.126. The van der Waals surface area contributed by atoms with Gasteiger partial charge in [-0.2, -0.15) is 0 Å². The summed E-state index contributed by atoms with van der Waals surface area (Å²) < 4.78 is 27.8. The number of hydrogen-bond acceptors (Lipinski definition) is 3. The fraction of sp³-hybridized carbons (Fsp3) is 0.235. The van der Waals surface area contributed by atoms with Crippen LogP contribution in [0.5, 0.6) is 0 Å². The van der Waals surface area contributed by atoms with Crippen molar-refractivity contribution in [3.8, 4) is 11.3 Å². The first-order valence-electron chi connectivity index (χ1n) is 7.69. The minimum atomic E-state index is -2.94. The molecule has 3 rings (SSSR count). The molecule has 0 saturated carbocycles. The number of aromatic amines is 1. The molecule has 0 bridgehead atoms. The van der Waals surface area contributed by atoms with Crippen LogP contribution in [-0.2, 0) is 5.92 Å². The highest BCUT2D eigenvalue weighted by Gasteiger charge is 2.24. The van der Waals surface area contributed by atoms with Gasteiger partial charge < -0.3 is 5.32 Å². The normalized spacial score (nSPS) is 11.7. The summed E-state index contributed by atoms with van der Waals surface area (Å²) in [6.07, 6.45) is 1.40. The molecule has 6 nitrogen and oxygen atoms in total. The van der Waals surface area contributed by atoms with Crippen LogP contribution in [0.1, 0.15) is 29.8 Å². The van der Waals surface area contributed by atoms with Gasteiger partial charge >= 0.3 is 0 Å². The molecule has 0 spiro atoms. The first-order chi connectivity index (χ1) is 11.8. The Morgan fingerprint density at radius 1 is 1.32 bits per heavy atom. The Kier molecular flexibility index (Phi) is 4.12. The van der Waals surface area contributed by atoms with Gasteiger partial charge in [0.25, 0.3) is 17.4 Å². The van der Waals surface area contributed by atoms with Crippen molar-refractivity contribution in [3.05, 3.63) is 58.0 Å². The Morgan fingerprint density at radius 2 is 2.00 bits per heavy atom. The fourth-order valence-corrected chi connectivity index (χ4v) is 2.49. The predicted octanol–water partition coefficient (Wildman–Crippen LogP) is 2.55. The topological polar surface area (TPSA) is 79.3 Å². The molecule has 0 atom stereocenters. The highest BCUT2D eigenvalue weighted by atomic mass is 19.3. The van der Waals surface area contributed by atoms with Crippen molar-refractivity contribution in [2.45, 2.75) is 19.8 Å². The maximum absolute atomic E-state index is 13.3. The number of hydrogen-bond donors (Lipinski definition) is 2. The van der Waals surface area contributed by atoms with Crippen LogP contribution in [-0.4, -0.2) is 27.0 Å². The number of halogens is 2. The SMILES string of the molecule is CCNC(=O)c1c[nH]n2c(=O)cc(-c3ccc(C(C)(F)F)cc3)nc12. The zero-order chi connectivity index (χ0) is 18.2. The largest absolute Gasteiger partial charge is 0.352 e. The molecule has 2 N–H and O–H groups in total. The van der Waals surface area contributed by atoms with Crippen molar-refractivity contribution in [3.63, 3.8) is 0 Å². The molecule has 25 heavy (non-hydrogen) atoms. The summed E-state index contributed by atoms with van der Waals surface area (Å²) in [5.74, 6) is -3.30. The van der Waals surface area contributed by atoms with E-state index in [0.717, 1.165) is 11.4 Å². The van der Waals surface area contributed by atoms with Crippen molar-refractivity contribution >= 4 is 11.6 Å². The van der Waals surface area contributed by atoms with Crippen molar-refractivity contribution in [1.82, 2.24) is 19.9 Å². The summed E-state index contributed by atoms with van der Waals surface area (Å²) in [7, 11) is 0. The molecule has 0 aliphatic heterocycles. The summed E-state index contributed by atoms with van der Waals surface area (Å²) in [5.41, 5.74) is 0.701. The molecule has 3 aromatic rings. The lowest BCUT2D eigenvalue weighted by Crippen LogP contribution is -2.23. The number of amides is 1. The second-order valence-electron chi connectivity index (χ2n) is 5.65. The second-order valence-corrected chi connectivity index (χ2v) is 5.65. The van der Waals surface area contributed by atoms with E-state index in [1.165, 1.54) is 36.5 Å². The number of carbonyl (C=O) groups excluding carboxylic acids is 1. The number of benzene rings is 1. The van der Waals surface area contributed by atoms with E-state index in [2.05, 4.69) is 15.4 Å². The van der Waals surface area contributed by atoms with Crippen molar-refractivity contribution in [2.75, 3.05) is 6.54 Å². The molecular weight excluding hydrogens is 330 g/mol. The highest BCUT2D eigenvalue weighted by molar-refractivity contribution is 5.99. The van der Waals surface area contributed by atoms with Gasteiger partial charge in [0.05, 0.1) is 5.69 Å². The van der Waals surface area contributed by atoms with Crippen LogP contribution in [0.3, 0.4) is 0 Å². The number of nitrogens with one attached hydrogen (secondary N) is 2. The molecular formula is C17H16F2N4O2. The third-order valence-electron chi connectivity index (χ3n) is 3.77. The summed E-state index contributed by atoms with van der Waals surface area (Å²) in [5, 5.41) is 5.33. The third kappa shape index (κ3) is 3.15. The molecule has 0 aliphatic carbocycles. The molecule has 0 radical (unpaired) electrons. The number of fused-ring (bicyclic) bond motifs is 1. The molecule has 1 amide bonds. The Hall–Kier alpha value is -3.03. The van der Waals surface area contributed by atoms with Crippen LogP contribution in [0.4, 0.5) is 8.78 Å². The monoisotopic (exact) mass is 346 g/mol. The maximum Gasteiger partial charge on any atom is 0.273 e. The molecule has 0 saturated heterocycles. The second kappa shape index (κ2) is 6.12. The smallest absolute Gasteiger partial charge is 0.273 e. The van der Waals surface area contributed by atoms with Gasteiger partial charge in [0.2, 0.25) is 0 Å². The van der Waals surface area contributed by atoms with E-state index in [4.69, 9.17) is 0 Å². The Morgan fingerprint density at radius 3 is 2.60 bits per heavy atom. The van der Waals surface area contributed by atoms with E-state index in [1.54, 1.807) is 6.92 Å². The molecule has 2 heterocycles. The van der Waals surface area contributed by atoms with Crippen molar-refractivity contribution in [2.24, 2.45) is 0 Å². The van der Waals surface area contributed by atoms with Crippen LogP contribution in [0.2, 0.25) is 0 Å². The van der Waals surface area contributed by atoms with E-state index >= 15 is 0 Å². The molecule has 0 fully saturated rings. The van der Waals surface area contributed by atoms with Crippen LogP contribution in [0.15, 0.2) is 41.3 Å². The van der Waals surface area contributed by atoms with Crippen LogP contribution in [0.25, 0.3) is 16.9 Å². The van der Waals surface area contributed by atoms with Crippen molar-refractivity contribution < 1.29 is 13.6 Å². The first-order valence-corrected chi connectivity index (χ1v) is 7.69. The van der Waals surface area contributed by atoms with Crippen LogP contribution < -0.4 is 10.9 Å². The lowest BCUT2D eigenvalue weighted by atomic mass is 10.1. The zero-order valence-electron chi connectivity index (χ0n) is 13.6. The Labute approximate surface area is 141 Å². The standard InChI is InChI=1S/C17H16F2N4O2/c1-3-20-16(25)12-9-21-23-14(24)8-13(22-15(12)23)10-4-6-11(7-5-10)17(2,18)19/h4-9,21H,3H2,1-2H3,(H,20,25). The van der Waals surface area contributed by atoms with Gasteiger partial charge in [0, 0.05) is 36.9 Å². The molecule has 1 aromatic carbocycles. The van der Waals surface area contributed by atoms with E-state index in [1.807, 2.05) is 0 Å². The maximum atomic E-state index is 13.3. The molecule has 0 aliphatic rings. The van der Waals surface area contributed by atoms with Crippen LogP contribution >= 0.6 is 0 Å². The average molecular weight is 346 g/mol. The van der Waals surface area contributed by atoms with E-state index in [0.29, 0.717) is 17.8 Å². The number of alkyl halides is 2. The Balaban J connectivity index is 2.10. The predicted molar refractivity (Wildman–Crippen MR) is 88.8 cm³/mol. The van der Waals surface area contributed by atoms with Crippen molar-refractivity contribution in [1.29, 1.82) is 0 Å². The number of nitrogens with zero attached hydrogens (tertiary/aromatic N) is 2. The summed E-state index contributed by atoms with van der Waals surface area (Å²) >= 11 is 0. The Bertz CT molecular complexity index is 985. The van der Waals surface area contributed by atoms with Gasteiger partial charge in [0.15, 0.2) is 5.65 Å². The van der Waals surface area contributed by atoms with Crippen LogP contribution in [0, 0.1) is 0 Å². The van der Waals surface area contributed by atoms with Gasteiger partial charge in [0.1, 0.15) is 5.56 Å². The lowest BCUT2D eigenvalue weighted by molar-refractivity contribution is 0.0175. The van der Waals surface area contributed by atoms with Gasteiger partial charge in [-0.1, -0.05) is 24.3 Å². The molecule has 2 aromatic heterocycles. The summed E-state index contributed by atoms with van der Waals surface area (Å²) in [4.78, 5) is 28.6. The van der Waals surface area contributed by atoms with Gasteiger partial charge in [-0.3, -0.25) is 14.7 Å². The number of H-pyrrole nitrogens is 1. The quantitative estimate of drug-likeness (QED) is 0.762. The molecule has 130 valence electrons. The van der Waals surface area contributed by atoms with Gasteiger partial charge in [-0.05, 0) is 6.92 Å². The van der Waals surface area contributed by atoms with E-state index in [9.17, 15) is 18.4 Å². The van der Waals surface area contributed by atoms with E-state index in [-0.39, 0.29) is 22.7 Å². The number of carbonyl (C=O) groups is 1. The summed E-state index contributed by atoms with van der Waals surface area (Å²) in [6.45, 7) is 3.03. The fourth-order valence-electron chi connectivity index (χ4n) is 2.49. The summed E-state index contributed by atoms with van der Waals surface area (Å²) in [6, 6.07) is 6.82. The van der Waals surface area contributed by atoms with E-state index < -0.39 is 11.5 Å². The lowest BCUT2D eigenvalue weighted by Gasteiger charge is -2.11.